The van der Waals surface area contributed by atoms with Gasteiger partial charge < -0.3 is 15.0 Å². The molecule has 1 saturated heterocycles. The quantitative estimate of drug-likeness (QED) is 0.751. The molecule has 0 saturated carbocycles. The number of aromatic nitrogens is 1. The summed E-state index contributed by atoms with van der Waals surface area (Å²) in [5.41, 5.74) is 2.70. The molecule has 2 amide bonds. The molecule has 1 aromatic heterocycles. The molecular weight excluding hydrogens is 334 g/mol. The summed E-state index contributed by atoms with van der Waals surface area (Å²) in [5, 5.41) is 3.95. The van der Waals surface area contributed by atoms with E-state index >= 15 is 0 Å². The molecule has 0 radical (unpaired) electrons. The van der Waals surface area contributed by atoms with Crippen LogP contribution in [0.4, 0.5) is 10.5 Å². The smallest absolute Gasteiger partial charge is 0.322 e. The van der Waals surface area contributed by atoms with Gasteiger partial charge in [-0.05, 0) is 31.2 Å². The van der Waals surface area contributed by atoms with Crippen molar-refractivity contribution >= 4 is 33.3 Å². The third-order valence-electron chi connectivity index (χ3n) is 4.22. The Kier molecular flexibility index (Phi) is 4.38. The fourth-order valence-electron chi connectivity index (χ4n) is 2.96. The highest BCUT2D eigenvalue weighted by atomic mass is 32.1. The summed E-state index contributed by atoms with van der Waals surface area (Å²) in [6.07, 6.45) is 0.0685. The van der Waals surface area contributed by atoms with Gasteiger partial charge in [-0.2, -0.15) is 0 Å². The number of para-hydroxylation sites is 2. The maximum atomic E-state index is 12.6. The van der Waals surface area contributed by atoms with Crippen LogP contribution in [-0.4, -0.2) is 41.7 Å². The largest absolute Gasteiger partial charge is 0.375 e. The first-order valence-electron chi connectivity index (χ1n) is 8.33. The maximum Gasteiger partial charge on any atom is 0.322 e. The number of amides is 2. The second-order valence-corrected chi connectivity index (χ2v) is 7.12. The number of carbonyl (C=O) groups excluding carboxylic acids is 1. The number of ether oxygens (including phenoxy) is 1. The molecule has 2 heterocycles. The molecule has 25 heavy (non-hydrogen) atoms. The molecule has 128 valence electrons. The van der Waals surface area contributed by atoms with Crippen molar-refractivity contribution in [2.24, 2.45) is 0 Å². The van der Waals surface area contributed by atoms with Crippen LogP contribution in [0.1, 0.15) is 6.92 Å². The van der Waals surface area contributed by atoms with E-state index in [4.69, 9.17) is 9.72 Å². The molecular formula is C19H19N3O2S. The number of hydrogen-bond donors (Lipinski definition) is 1. The molecule has 0 spiro atoms. The highest BCUT2D eigenvalue weighted by Gasteiger charge is 2.22. The molecule has 0 aliphatic carbocycles. The number of benzene rings is 2. The number of nitrogens with zero attached hydrogens (tertiary/aromatic N) is 2. The fourth-order valence-corrected chi connectivity index (χ4v) is 3.97. The summed E-state index contributed by atoms with van der Waals surface area (Å²) in [6, 6.07) is 15.8. The second kappa shape index (κ2) is 6.82. The van der Waals surface area contributed by atoms with E-state index in [0.717, 1.165) is 26.5 Å². The van der Waals surface area contributed by atoms with Crippen molar-refractivity contribution in [3.8, 4) is 10.6 Å². The van der Waals surface area contributed by atoms with Gasteiger partial charge in [-0.1, -0.05) is 24.3 Å². The average Bonchev–Trinajstić information content (AvgIpc) is 3.06. The van der Waals surface area contributed by atoms with Crippen molar-refractivity contribution in [1.82, 2.24) is 9.88 Å². The number of urea groups is 1. The molecule has 0 bridgehead atoms. The van der Waals surface area contributed by atoms with E-state index < -0.39 is 0 Å². The Bertz CT molecular complexity index is 875. The lowest BCUT2D eigenvalue weighted by Crippen LogP contribution is -2.46. The van der Waals surface area contributed by atoms with Crippen LogP contribution < -0.4 is 5.32 Å². The second-order valence-electron chi connectivity index (χ2n) is 6.09. The minimum absolute atomic E-state index is 0.0685. The average molecular weight is 353 g/mol. The Balaban J connectivity index is 1.61. The van der Waals surface area contributed by atoms with Crippen molar-refractivity contribution in [3.63, 3.8) is 0 Å². The van der Waals surface area contributed by atoms with Gasteiger partial charge in [0.2, 0.25) is 0 Å². The van der Waals surface area contributed by atoms with Gasteiger partial charge in [0, 0.05) is 18.7 Å². The monoisotopic (exact) mass is 353 g/mol. The van der Waals surface area contributed by atoms with Gasteiger partial charge in [-0.15, -0.1) is 11.3 Å². The van der Waals surface area contributed by atoms with E-state index in [1.807, 2.05) is 49.4 Å². The zero-order valence-corrected chi connectivity index (χ0v) is 14.8. The van der Waals surface area contributed by atoms with Crippen LogP contribution in [0.5, 0.6) is 0 Å². The molecule has 6 heteroatoms. The minimum Gasteiger partial charge on any atom is -0.375 e. The van der Waals surface area contributed by atoms with Crippen LogP contribution in [0, 0.1) is 0 Å². The number of rotatable bonds is 2. The number of hydrogen-bond acceptors (Lipinski definition) is 4. The van der Waals surface area contributed by atoms with Gasteiger partial charge in [0.15, 0.2) is 0 Å². The lowest BCUT2D eigenvalue weighted by Gasteiger charge is -2.31. The normalized spacial score (nSPS) is 17.6. The van der Waals surface area contributed by atoms with E-state index in [1.165, 1.54) is 0 Å². The van der Waals surface area contributed by atoms with Crippen molar-refractivity contribution in [2.45, 2.75) is 13.0 Å². The molecule has 3 aromatic rings. The summed E-state index contributed by atoms with van der Waals surface area (Å²) >= 11 is 1.63. The standard InChI is InChI=1S/C19H19N3O2S/c1-13-12-22(10-11-24-13)19(23)21-15-7-3-2-6-14(15)18-20-16-8-4-5-9-17(16)25-18/h2-9,13H,10-12H2,1H3,(H,21,23)/t13-/m1/s1. The number of nitrogens with one attached hydrogen (secondary N) is 1. The van der Waals surface area contributed by atoms with Crippen LogP contribution in [0.3, 0.4) is 0 Å². The van der Waals surface area contributed by atoms with E-state index in [2.05, 4.69) is 11.4 Å². The minimum atomic E-state index is -0.0938. The van der Waals surface area contributed by atoms with Gasteiger partial charge in [-0.25, -0.2) is 9.78 Å². The van der Waals surface area contributed by atoms with Crippen LogP contribution >= 0.6 is 11.3 Å². The first-order chi connectivity index (χ1) is 12.2. The zero-order chi connectivity index (χ0) is 17.2. The molecule has 1 aliphatic rings. The number of carbonyl (C=O) groups is 1. The van der Waals surface area contributed by atoms with Gasteiger partial charge >= 0.3 is 6.03 Å². The molecule has 1 atom stereocenters. The van der Waals surface area contributed by atoms with Gasteiger partial charge in [0.05, 0.1) is 28.6 Å². The Hall–Kier alpha value is -2.44. The molecule has 0 unspecified atom stereocenters. The van der Waals surface area contributed by atoms with Crippen LogP contribution in [0.25, 0.3) is 20.8 Å². The van der Waals surface area contributed by atoms with Gasteiger partial charge in [0.25, 0.3) is 0 Å². The van der Waals surface area contributed by atoms with Gasteiger partial charge in [0.1, 0.15) is 5.01 Å². The summed E-state index contributed by atoms with van der Waals surface area (Å²) in [7, 11) is 0. The summed E-state index contributed by atoms with van der Waals surface area (Å²) < 4.78 is 6.64. The SMILES string of the molecule is C[C@@H]1CN(C(=O)Nc2ccccc2-c2nc3ccccc3s2)CCO1. The summed E-state index contributed by atoms with van der Waals surface area (Å²) in [4.78, 5) is 19.1. The predicted octanol–water partition coefficient (Wildman–Crippen LogP) is 4.22. The van der Waals surface area contributed by atoms with Crippen LogP contribution in [0.15, 0.2) is 48.5 Å². The topological polar surface area (TPSA) is 54.5 Å². The molecule has 1 N–H and O–H groups in total. The third kappa shape index (κ3) is 3.36. The van der Waals surface area contributed by atoms with E-state index in [1.54, 1.807) is 16.2 Å². The van der Waals surface area contributed by atoms with Gasteiger partial charge in [-0.3, -0.25) is 0 Å². The Morgan fingerprint density at radius 1 is 1.24 bits per heavy atom. The first kappa shape index (κ1) is 16.1. The Morgan fingerprint density at radius 3 is 2.88 bits per heavy atom. The number of fused-ring (bicyclic) bond motifs is 1. The highest BCUT2D eigenvalue weighted by Crippen LogP contribution is 2.34. The number of anilines is 1. The number of thiazole rings is 1. The molecule has 1 fully saturated rings. The highest BCUT2D eigenvalue weighted by molar-refractivity contribution is 7.21. The molecule has 1 aliphatic heterocycles. The molecule has 2 aromatic carbocycles. The van der Waals surface area contributed by atoms with E-state index in [-0.39, 0.29) is 12.1 Å². The summed E-state index contributed by atoms with van der Waals surface area (Å²) in [6.45, 7) is 3.78. The van der Waals surface area contributed by atoms with Crippen molar-refractivity contribution in [3.05, 3.63) is 48.5 Å². The van der Waals surface area contributed by atoms with Crippen molar-refractivity contribution in [1.29, 1.82) is 0 Å². The van der Waals surface area contributed by atoms with Crippen LogP contribution in [0.2, 0.25) is 0 Å². The number of morpholine rings is 1. The molecule has 5 nitrogen and oxygen atoms in total. The lowest BCUT2D eigenvalue weighted by atomic mass is 10.2. The zero-order valence-electron chi connectivity index (χ0n) is 13.9. The molecule has 4 rings (SSSR count). The third-order valence-corrected chi connectivity index (χ3v) is 5.29. The van der Waals surface area contributed by atoms with E-state index in [9.17, 15) is 4.79 Å². The van der Waals surface area contributed by atoms with Crippen molar-refractivity contribution < 1.29 is 9.53 Å². The maximum absolute atomic E-state index is 12.6. The summed E-state index contributed by atoms with van der Waals surface area (Å²) in [5.74, 6) is 0. The first-order valence-corrected chi connectivity index (χ1v) is 9.15. The lowest BCUT2D eigenvalue weighted by molar-refractivity contribution is -0.00138. The van der Waals surface area contributed by atoms with Crippen LogP contribution in [-0.2, 0) is 4.74 Å². The predicted molar refractivity (Wildman–Crippen MR) is 101 cm³/mol. The fraction of sp³-hybridized carbons (Fsp3) is 0.263. The Morgan fingerprint density at radius 2 is 2.04 bits per heavy atom. The van der Waals surface area contributed by atoms with E-state index in [0.29, 0.717) is 19.7 Å². The van der Waals surface area contributed by atoms with Crippen molar-refractivity contribution in [2.75, 3.05) is 25.0 Å². The Labute approximate surface area is 150 Å².